The normalized spacial score (nSPS) is 13.3. The van der Waals surface area contributed by atoms with Crippen molar-refractivity contribution in [3.8, 4) is 39.1 Å². The molecule has 12 aromatic rings. The molecule has 10 aromatic carbocycles. The molecule has 0 radical (unpaired) electrons. The molecular formula is C64H48N2O. The number of fused-ring (bicyclic) bond motifs is 7. The summed E-state index contributed by atoms with van der Waals surface area (Å²) >= 11 is 0. The van der Waals surface area contributed by atoms with E-state index >= 15 is 0 Å². The molecule has 0 saturated heterocycles. The fourth-order valence-corrected chi connectivity index (χ4v) is 11.4. The zero-order valence-electron chi connectivity index (χ0n) is 37.3. The Bertz CT molecular complexity index is 3790. The second-order valence-corrected chi connectivity index (χ2v) is 18.2. The first-order valence-corrected chi connectivity index (χ1v) is 23.9. The van der Waals surface area contributed by atoms with Gasteiger partial charge in [-0.25, -0.2) is 0 Å². The Labute approximate surface area is 390 Å². The molecular weight excluding hydrogens is 813 g/mol. The monoisotopic (exact) mass is 860 g/mol. The van der Waals surface area contributed by atoms with E-state index in [-0.39, 0.29) is 0 Å². The Hall–Kier alpha value is -8.14. The molecule has 1 aliphatic rings. The van der Waals surface area contributed by atoms with Crippen LogP contribution in [0.25, 0.3) is 93.6 Å². The summed E-state index contributed by atoms with van der Waals surface area (Å²) < 4.78 is 8.76. The summed E-state index contributed by atoms with van der Waals surface area (Å²) in [6, 6.07) is 82.4. The first-order valence-electron chi connectivity index (χ1n) is 23.9. The molecule has 1 aliphatic carbocycles. The minimum Gasteiger partial charge on any atom is -0.456 e. The van der Waals surface area contributed by atoms with Crippen molar-refractivity contribution in [2.24, 2.45) is 0 Å². The van der Waals surface area contributed by atoms with Gasteiger partial charge in [0.15, 0.2) is 0 Å². The van der Waals surface area contributed by atoms with Gasteiger partial charge in [-0.15, -0.1) is 0 Å². The highest BCUT2D eigenvalue weighted by Gasteiger charge is 2.25. The molecule has 320 valence electrons. The minimum absolute atomic E-state index is 0.563. The van der Waals surface area contributed by atoms with Crippen molar-refractivity contribution in [2.45, 2.75) is 38.0 Å². The molecule has 0 bridgehead atoms. The number of hydrogen-bond acceptors (Lipinski definition) is 2. The zero-order chi connectivity index (χ0) is 44.3. The van der Waals surface area contributed by atoms with E-state index in [1.165, 1.54) is 81.4 Å². The van der Waals surface area contributed by atoms with Crippen molar-refractivity contribution in [1.82, 2.24) is 4.57 Å². The molecule has 0 spiro atoms. The molecule has 0 atom stereocenters. The highest BCUT2D eigenvalue weighted by molar-refractivity contribution is 6.13. The van der Waals surface area contributed by atoms with E-state index in [4.69, 9.17) is 4.42 Å². The molecule has 1 fully saturated rings. The molecule has 2 heterocycles. The smallest absolute Gasteiger partial charge is 0.136 e. The molecule has 3 heteroatoms. The SMILES string of the molecule is c1ccc(-n2c3ccccc3c3ccc(-c4ccccc4N(c4ccc(-c5cccc6oc7ccccc7c56)cc4)c4ccccc4-c4cccc5cccc(C6CCCCC6)c45)cc32)cc1. The molecule has 0 amide bonds. The summed E-state index contributed by atoms with van der Waals surface area (Å²) in [7, 11) is 0. The molecule has 67 heavy (non-hydrogen) atoms. The van der Waals surface area contributed by atoms with Crippen molar-refractivity contribution >= 4 is 71.6 Å². The van der Waals surface area contributed by atoms with Crippen LogP contribution in [0.3, 0.4) is 0 Å². The minimum atomic E-state index is 0.563. The Morgan fingerprint density at radius 2 is 1.01 bits per heavy atom. The van der Waals surface area contributed by atoms with Gasteiger partial charge in [-0.2, -0.15) is 0 Å². The third-order valence-electron chi connectivity index (χ3n) is 14.4. The lowest BCUT2D eigenvalue weighted by Gasteiger charge is -2.31. The first kappa shape index (κ1) is 39.2. The summed E-state index contributed by atoms with van der Waals surface area (Å²) in [6.45, 7) is 0. The van der Waals surface area contributed by atoms with Crippen LogP contribution in [-0.4, -0.2) is 4.57 Å². The third-order valence-corrected chi connectivity index (χ3v) is 14.4. The van der Waals surface area contributed by atoms with Gasteiger partial charge in [0.2, 0.25) is 0 Å². The standard InChI is InChI=1S/C64H48N2O/c1-3-18-43(19-4-1)50-28-15-20-45-21-16-30-55(63(45)50)53-26-9-13-33-59(53)65(48-39-36-44(37-40-48)51-29-17-35-62-64(51)56-27-10-14-34-61(56)67-62)57-31-11-7-24-49(57)46-38-41-54-52-25-8-12-32-58(52)66(60(54)42-46)47-22-5-2-6-23-47/h2,5-17,20-43H,1,3-4,18-19H2. The van der Waals surface area contributed by atoms with Gasteiger partial charge in [-0.1, -0.05) is 183 Å². The number of aromatic nitrogens is 1. The van der Waals surface area contributed by atoms with Gasteiger partial charge in [-0.05, 0) is 118 Å². The molecule has 0 unspecified atom stereocenters. The predicted octanol–water partition coefficient (Wildman–Crippen LogP) is 18.4. The largest absolute Gasteiger partial charge is 0.456 e. The Kier molecular flexibility index (Phi) is 9.60. The lowest BCUT2D eigenvalue weighted by atomic mass is 9.80. The van der Waals surface area contributed by atoms with Crippen molar-refractivity contribution < 1.29 is 4.42 Å². The van der Waals surface area contributed by atoms with Crippen LogP contribution >= 0.6 is 0 Å². The van der Waals surface area contributed by atoms with Gasteiger partial charge in [0.1, 0.15) is 11.2 Å². The summed E-state index contributed by atoms with van der Waals surface area (Å²) in [5.74, 6) is 0.563. The maximum atomic E-state index is 6.35. The Balaban J connectivity index is 1.03. The van der Waals surface area contributed by atoms with Gasteiger partial charge in [0.25, 0.3) is 0 Å². The second-order valence-electron chi connectivity index (χ2n) is 18.2. The summed E-state index contributed by atoms with van der Waals surface area (Å²) in [5, 5.41) is 7.45. The maximum Gasteiger partial charge on any atom is 0.136 e. The zero-order valence-corrected chi connectivity index (χ0v) is 37.3. The summed E-state index contributed by atoms with van der Waals surface area (Å²) in [6.07, 6.45) is 6.42. The van der Waals surface area contributed by atoms with Crippen LogP contribution in [0.2, 0.25) is 0 Å². The van der Waals surface area contributed by atoms with E-state index in [0.29, 0.717) is 5.92 Å². The molecule has 3 nitrogen and oxygen atoms in total. The average molecular weight is 861 g/mol. The van der Waals surface area contributed by atoms with Crippen molar-refractivity contribution in [1.29, 1.82) is 0 Å². The van der Waals surface area contributed by atoms with Crippen LogP contribution in [0.5, 0.6) is 0 Å². The van der Waals surface area contributed by atoms with Crippen molar-refractivity contribution in [3.63, 3.8) is 0 Å². The van der Waals surface area contributed by atoms with Crippen LogP contribution in [0.1, 0.15) is 43.6 Å². The van der Waals surface area contributed by atoms with E-state index in [1.807, 2.05) is 6.07 Å². The summed E-state index contributed by atoms with van der Waals surface area (Å²) in [5.41, 5.74) is 17.3. The molecule has 13 rings (SSSR count). The average Bonchev–Trinajstić information content (AvgIpc) is 3.95. The number of para-hydroxylation sites is 5. The number of nitrogens with zero attached hydrogens (tertiary/aromatic N) is 2. The third kappa shape index (κ3) is 6.64. The highest BCUT2D eigenvalue weighted by atomic mass is 16.3. The van der Waals surface area contributed by atoms with Crippen molar-refractivity contribution in [2.75, 3.05) is 4.90 Å². The fourth-order valence-electron chi connectivity index (χ4n) is 11.4. The van der Waals surface area contributed by atoms with E-state index in [2.05, 4.69) is 228 Å². The number of hydrogen-bond donors (Lipinski definition) is 0. The lowest BCUT2D eigenvalue weighted by molar-refractivity contribution is 0.445. The van der Waals surface area contributed by atoms with Crippen LogP contribution in [0, 0.1) is 0 Å². The second kappa shape index (κ2) is 16.4. The van der Waals surface area contributed by atoms with Gasteiger partial charge in [-0.3, -0.25) is 0 Å². The fraction of sp³-hybridized carbons (Fsp3) is 0.0938. The molecule has 0 N–H and O–H groups in total. The number of benzene rings is 10. The molecule has 1 saturated carbocycles. The Morgan fingerprint density at radius 1 is 0.403 bits per heavy atom. The van der Waals surface area contributed by atoms with E-state index in [1.54, 1.807) is 0 Å². The van der Waals surface area contributed by atoms with Gasteiger partial charge >= 0.3 is 0 Å². The van der Waals surface area contributed by atoms with Crippen LogP contribution in [-0.2, 0) is 0 Å². The molecule has 0 aliphatic heterocycles. The maximum absolute atomic E-state index is 6.35. The Morgan fingerprint density at radius 3 is 1.85 bits per heavy atom. The lowest BCUT2D eigenvalue weighted by Crippen LogP contribution is -2.12. The highest BCUT2D eigenvalue weighted by Crippen LogP contribution is 2.49. The van der Waals surface area contributed by atoms with Gasteiger partial charge in [0.05, 0.1) is 22.4 Å². The summed E-state index contributed by atoms with van der Waals surface area (Å²) in [4.78, 5) is 2.50. The number of furan rings is 1. The van der Waals surface area contributed by atoms with Gasteiger partial charge in [0, 0.05) is 44.0 Å². The molecule has 2 aromatic heterocycles. The number of rotatable bonds is 8. The quantitative estimate of drug-likeness (QED) is 0.152. The van der Waals surface area contributed by atoms with E-state index in [0.717, 1.165) is 66.9 Å². The van der Waals surface area contributed by atoms with Crippen LogP contribution in [0.4, 0.5) is 17.1 Å². The predicted molar refractivity (Wildman–Crippen MR) is 282 cm³/mol. The topological polar surface area (TPSA) is 21.3 Å². The van der Waals surface area contributed by atoms with E-state index in [9.17, 15) is 0 Å². The van der Waals surface area contributed by atoms with Crippen LogP contribution < -0.4 is 4.90 Å². The first-order chi connectivity index (χ1) is 33.3. The van der Waals surface area contributed by atoms with Crippen LogP contribution in [0.15, 0.2) is 229 Å². The van der Waals surface area contributed by atoms with Crippen molar-refractivity contribution in [3.05, 3.63) is 230 Å². The van der Waals surface area contributed by atoms with Gasteiger partial charge < -0.3 is 13.9 Å². The van der Waals surface area contributed by atoms with E-state index < -0.39 is 0 Å². The number of anilines is 3.